The molecule has 128 valence electrons. The largest absolute Gasteiger partial charge is 0.356 e. The summed E-state index contributed by atoms with van der Waals surface area (Å²) in [5.74, 6) is -0.566. The first-order valence-electron chi connectivity index (χ1n) is 8.22. The molecule has 0 radical (unpaired) electrons. The molecule has 0 N–H and O–H groups in total. The van der Waals surface area contributed by atoms with Gasteiger partial charge in [-0.15, -0.1) is 0 Å². The molecule has 0 aliphatic carbocycles. The van der Waals surface area contributed by atoms with Gasteiger partial charge in [0.2, 0.25) is 5.91 Å². The number of fused-ring (bicyclic) bond motifs is 1. The van der Waals surface area contributed by atoms with Gasteiger partial charge in [0.15, 0.2) is 0 Å². The summed E-state index contributed by atoms with van der Waals surface area (Å²) in [6.07, 6.45) is 0.487. The van der Waals surface area contributed by atoms with Crippen LogP contribution in [0, 0.1) is 0 Å². The summed E-state index contributed by atoms with van der Waals surface area (Å²) >= 11 is 0. The quantitative estimate of drug-likeness (QED) is 0.793. The van der Waals surface area contributed by atoms with Crippen molar-refractivity contribution in [2.45, 2.75) is 45.4 Å². The Hall–Kier alpha value is -2.21. The minimum Gasteiger partial charge on any atom is -0.356 e. The van der Waals surface area contributed by atoms with E-state index in [2.05, 4.69) is 0 Å². The highest BCUT2D eigenvalue weighted by molar-refractivity contribution is 6.21. The lowest BCUT2D eigenvalue weighted by atomic mass is 10.0. The molecule has 1 unspecified atom stereocenters. The van der Waals surface area contributed by atoms with E-state index in [1.54, 1.807) is 29.2 Å². The fourth-order valence-corrected chi connectivity index (χ4v) is 3.45. The summed E-state index contributed by atoms with van der Waals surface area (Å²) in [5.41, 5.74) is 0.555. The van der Waals surface area contributed by atoms with Crippen LogP contribution >= 0.6 is 0 Å². The molecule has 24 heavy (non-hydrogen) atoms. The Kier molecular flexibility index (Phi) is 4.17. The molecule has 3 rings (SSSR count). The highest BCUT2D eigenvalue weighted by Gasteiger charge is 2.41. The van der Waals surface area contributed by atoms with E-state index < -0.39 is 0 Å². The summed E-state index contributed by atoms with van der Waals surface area (Å²) in [4.78, 5) is 40.0. The van der Waals surface area contributed by atoms with Gasteiger partial charge in [-0.1, -0.05) is 12.1 Å². The van der Waals surface area contributed by atoms with Gasteiger partial charge < -0.3 is 9.64 Å². The predicted octanol–water partition coefficient (Wildman–Crippen LogP) is 2.05. The van der Waals surface area contributed by atoms with Crippen molar-refractivity contribution >= 4 is 17.7 Å². The van der Waals surface area contributed by atoms with E-state index in [0.29, 0.717) is 24.2 Å². The van der Waals surface area contributed by atoms with Gasteiger partial charge in [-0.05, 0) is 39.3 Å². The smallest absolute Gasteiger partial charge is 0.261 e. The maximum atomic E-state index is 12.5. The van der Waals surface area contributed by atoms with Gasteiger partial charge in [-0.2, -0.15) is 0 Å². The number of carbonyl (C=O) groups is 3. The third-order valence-electron chi connectivity index (χ3n) is 4.61. The van der Waals surface area contributed by atoms with E-state index in [9.17, 15) is 14.4 Å². The van der Waals surface area contributed by atoms with E-state index >= 15 is 0 Å². The topological polar surface area (TPSA) is 66.9 Å². The van der Waals surface area contributed by atoms with E-state index in [1.165, 1.54) is 4.90 Å². The number of hydrogen-bond acceptors (Lipinski definition) is 4. The van der Waals surface area contributed by atoms with Crippen LogP contribution in [0.5, 0.6) is 0 Å². The number of benzene rings is 1. The van der Waals surface area contributed by atoms with Gasteiger partial charge in [0.25, 0.3) is 11.8 Å². The lowest BCUT2D eigenvalue weighted by Crippen LogP contribution is -2.47. The molecular weight excluding hydrogens is 308 g/mol. The average Bonchev–Trinajstić information content (AvgIpc) is 2.95. The summed E-state index contributed by atoms with van der Waals surface area (Å²) in [6.45, 7) is 6.56. The number of rotatable bonds is 4. The third kappa shape index (κ3) is 2.71. The van der Waals surface area contributed by atoms with Gasteiger partial charge >= 0.3 is 0 Å². The molecule has 2 aliphatic rings. The molecule has 1 aromatic carbocycles. The summed E-state index contributed by atoms with van der Waals surface area (Å²) < 4.78 is 5.54. The number of ether oxygens (including phenoxy) is 1. The SMILES string of the molecule is CC1OCC(C)(C)N1C(=O)CCCN1C(=O)c2ccccc2C1=O. The van der Waals surface area contributed by atoms with E-state index in [-0.39, 0.29) is 42.5 Å². The first-order valence-corrected chi connectivity index (χ1v) is 8.22. The van der Waals surface area contributed by atoms with Crippen LogP contribution in [0.15, 0.2) is 24.3 Å². The van der Waals surface area contributed by atoms with Crippen LogP contribution < -0.4 is 0 Å². The molecule has 1 aromatic rings. The second-order valence-corrected chi connectivity index (χ2v) is 6.90. The van der Waals surface area contributed by atoms with Gasteiger partial charge in [-0.3, -0.25) is 19.3 Å². The van der Waals surface area contributed by atoms with Crippen molar-refractivity contribution in [3.8, 4) is 0 Å². The molecule has 2 heterocycles. The van der Waals surface area contributed by atoms with Gasteiger partial charge in [0.05, 0.1) is 23.3 Å². The van der Waals surface area contributed by atoms with Crippen molar-refractivity contribution in [3.05, 3.63) is 35.4 Å². The van der Waals surface area contributed by atoms with Crippen LogP contribution in [0.3, 0.4) is 0 Å². The molecule has 6 nitrogen and oxygen atoms in total. The normalized spacial score (nSPS) is 22.2. The Bertz CT molecular complexity index is 663. The van der Waals surface area contributed by atoms with Crippen molar-refractivity contribution < 1.29 is 19.1 Å². The number of carbonyl (C=O) groups excluding carboxylic acids is 3. The maximum absolute atomic E-state index is 12.5. The van der Waals surface area contributed by atoms with Gasteiger partial charge in [0.1, 0.15) is 6.23 Å². The van der Waals surface area contributed by atoms with Crippen LogP contribution in [0.25, 0.3) is 0 Å². The zero-order valence-electron chi connectivity index (χ0n) is 14.2. The predicted molar refractivity (Wildman–Crippen MR) is 87.4 cm³/mol. The Morgan fingerprint density at radius 2 is 1.79 bits per heavy atom. The van der Waals surface area contributed by atoms with Gasteiger partial charge in [-0.25, -0.2) is 0 Å². The Morgan fingerprint density at radius 3 is 2.29 bits per heavy atom. The first kappa shape index (κ1) is 16.6. The fraction of sp³-hybridized carbons (Fsp3) is 0.500. The summed E-state index contributed by atoms with van der Waals surface area (Å²) in [5, 5.41) is 0. The molecule has 2 aliphatic heterocycles. The summed E-state index contributed by atoms with van der Waals surface area (Å²) in [6, 6.07) is 6.81. The van der Waals surface area contributed by atoms with Crippen LogP contribution in [0.1, 0.15) is 54.3 Å². The molecule has 1 fully saturated rings. The molecular formula is C18H22N2O4. The van der Waals surface area contributed by atoms with Crippen LogP contribution in [0.4, 0.5) is 0 Å². The van der Waals surface area contributed by atoms with Crippen LogP contribution in [-0.2, 0) is 9.53 Å². The molecule has 6 heteroatoms. The molecule has 3 amide bonds. The highest BCUT2D eigenvalue weighted by Crippen LogP contribution is 2.28. The number of amides is 3. The Balaban J connectivity index is 1.59. The minimum atomic E-state index is -0.327. The molecule has 1 saturated heterocycles. The number of hydrogen-bond donors (Lipinski definition) is 0. The zero-order valence-corrected chi connectivity index (χ0v) is 14.2. The molecule has 0 saturated carbocycles. The van der Waals surface area contributed by atoms with Crippen molar-refractivity contribution in [1.29, 1.82) is 0 Å². The second kappa shape index (κ2) is 6.02. The highest BCUT2D eigenvalue weighted by atomic mass is 16.5. The Labute approximate surface area is 141 Å². The zero-order chi connectivity index (χ0) is 17.5. The first-order chi connectivity index (χ1) is 11.3. The molecule has 0 spiro atoms. The van der Waals surface area contributed by atoms with E-state index in [4.69, 9.17) is 4.74 Å². The minimum absolute atomic E-state index is 0.0124. The monoisotopic (exact) mass is 330 g/mol. The Morgan fingerprint density at radius 1 is 1.21 bits per heavy atom. The summed E-state index contributed by atoms with van der Waals surface area (Å²) in [7, 11) is 0. The van der Waals surface area contributed by atoms with Crippen molar-refractivity contribution in [2.24, 2.45) is 0 Å². The van der Waals surface area contributed by atoms with Gasteiger partial charge in [0, 0.05) is 13.0 Å². The van der Waals surface area contributed by atoms with Crippen molar-refractivity contribution in [2.75, 3.05) is 13.2 Å². The second-order valence-electron chi connectivity index (χ2n) is 6.90. The van der Waals surface area contributed by atoms with Crippen molar-refractivity contribution in [1.82, 2.24) is 9.80 Å². The lowest BCUT2D eigenvalue weighted by molar-refractivity contribution is -0.139. The fourth-order valence-electron chi connectivity index (χ4n) is 3.45. The van der Waals surface area contributed by atoms with Crippen LogP contribution in [0.2, 0.25) is 0 Å². The maximum Gasteiger partial charge on any atom is 0.261 e. The lowest BCUT2D eigenvalue weighted by Gasteiger charge is -2.32. The standard InChI is InChI=1S/C18H22N2O4/c1-12-20(18(2,3)11-24-12)15(21)9-6-10-19-16(22)13-7-4-5-8-14(13)17(19)23/h4-5,7-8,12H,6,9-11H2,1-3H3. The van der Waals surface area contributed by atoms with E-state index in [1.807, 2.05) is 20.8 Å². The van der Waals surface area contributed by atoms with Crippen LogP contribution in [-0.4, -0.2) is 52.4 Å². The van der Waals surface area contributed by atoms with Crippen molar-refractivity contribution in [3.63, 3.8) is 0 Å². The molecule has 0 aromatic heterocycles. The number of nitrogens with zero attached hydrogens (tertiary/aromatic N) is 2. The van der Waals surface area contributed by atoms with E-state index in [0.717, 1.165) is 0 Å². The molecule has 0 bridgehead atoms. The molecule has 1 atom stereocenters. The average molecular weight is 330 g/mol. The number of imide groups is 1. The third-order valence-corrected chi connectivity index (χ3v) is 4.61.